The lowest BCUT2D eigenvalue weighted by Crippen LogP contribution is -2.33. The molecule has 0 saturated heterocycles. The summed E-state index contributed by atoms with van der Waals surface area (Å²) in [6.45, 7) is 0. The molecular formula is C5H5NO6S. The van der Waals surface area contributed by atoms with Crippen LogP contribution in [0.4, 0.5) is 0 Å². The Hall–Kier alpha value is -1.25. The van der Waals surface area contributed by atoms with Gasteiger partial charge in [0.15, 0.2) is 5.94 Å². The van der Waals surface area contributed by atoms with Crippen molar-refractivity contribution in [3.05, 3.63) is 12.2 Å². The van der Waals surface area contributed by atoms with Crippen molar-refractivity contribution in [3.63, 3.8) is 0 Å². The van der Waals surface area contributed by atoms with E-state index in [-0.39, 0.29) is 5.06 Å². The van der Waals surface area contributed by atoms with Gasteiger partial charge < -0.3 is 5.11 Å². The third kappa shape index (κ3) is 2.11. The molecule has 7 nitrogen and oxygen atoms in total. The molecule has 2 amide bonds. The van der Waals surface area contributed by atoms with Gasteiger partial charge in [-0.15, -0.1) is 9.35 Å². The molecule has 1 aliphatic rings. The average molecular weight is 207 g/mol. The van der Waals surface area contributed by atoms with Crippen LogP contribution >= 0.6 is 0 Å². The van der Waals surface area contributed by atoms with E-state index < -0.39 is 27.9 Å². The van der Waals surface area contributed by atoms with Crippen LogP contribution in [0.3, 0.4) is 0 Å². The van der Waals surface area contributed by atoms with Crippen molar-refractivity contribution in [1.82, 2.24) is 5.06 Å². The van der Waals surface area contributed by atoms with Gasteiger partial charge in [-0.3, -0.25) is 9.59 Å². The van der Waals surface area contributed by atoms with Crippen LogP contribution in [0.1, 0.15) is 0 Å². The van der Waals surface area contributed by atoms with E-state index in [1.165, 1.54) is 0 Å². The van der Waals surface area contributed by atoms with E-state index in [1.807, 2.05) is 0 Å². The van der Waals surface area contributed by atoms with Crippen molar-refractivity contribution >= 4 is 21.9 Å². The summed E-state index contributed by atoms with van der Waals surface area (Å²) in [4.78, 5) is 21.5. The molecule has 0 saturated carbocycles. The first-order valence-corrected chi connectivity index (χ1v) is 4.63. The topological polar surface area (TPSA) is 101 Å². The quantitative estimate of drug-likeness (QED) is 0.543. The summed E-state index contributed by atoms with van der Waals surface area (Å²) in [5.74, 6) is -3.10. The van der Waals surface area contributed by atoms with Crippen molar-refractivity contribution in [3.8, 4) is 0 Å². The van der Waals surface area contributed by atoms with Gasteiger partial charge in [0.25, 0.3) is 11.8 Å². The first-order chi connectivity index (χ1) is 5.96. The van der Waals surface area contributed by atoms with E-state index >= 15 is 0 Å². The van der Waals surface area contributed by atoms with Gasteiger partial charge in [-0.05, 0) is 0 Å². The second kappa shape index (κ2) is 3.24. The summed E-state index contributed by atoms with van der Waals surface area (Å²) in [5.41, 5.74) is 0. The van der Waals surface area contributed by atoms with Crippen LogP contribution in [0.25, 0.3) is 0 Å². The molecule has 0 bridgehead atoms. The van der Waals surface area contributed by atoms with Crippen molar-refractivity contribution in [1.29, 1.82) is 0 Å². The van der Waals surface area contributed by atoms with Gasteiger partial charge in [-0.1, -0.05) is 0 Å². The van der Waals surface area contributed by atoms with Crippen molar-refractivity contribution in [2.45, 2.75) is 0 Å². The standard InChI is InChI=1S/C5H5NO6S/c7-3-13(10,11)12-6-4(8)1-2-5(6)9/h1-2,7H,3H2. The van der Waals surface area contributed by atoms with Crippen LogP contribution in [-0.4, -0.2) is 36.3 Å². The number of rotatable bonds is 3. The van der Waals surface area contributed by atoms with E-state index in [0.29, 0.717) is 0 Å². The fourth-order valence-corrected chi connectivity index (χ4v) is 1.02. The number of aliphatic hydroxyl groups is 1. The van der Waals surface area contributed by atoms with Gasteiger partial charge in [-0.25, -0.2) is 0 Å². The summed E-state index contributed by atoms with van der Waals surface area (Å²) in [6, 6.07) is 0. The Morgan fingerprint density at radius 1 is 1.31 bits per heavy atom. The minimum absolute atomic E-state index is 0.0472. The van der Waals surface area contributed by atoms with Gasteiger partial charge in [0.05, 0.1) is 0 Å². The smallest absolute Gasteiger partial charge is 0.312 e. The molecule has 0 aliphatic carbocycles. The third-order valence-corrected chi connectivity index (χ3v) is 1.81. The molecule has 0 aromatic rings. The molecule has 1 aliphatic heterocycles. The number of carbonyl (C=O) groups excluding carboxylic acids is 2. The third-order valence-electron chi connectivity index (χ3n) is 1.12. The number of hydrogen-bond acceptors (Lipinski definition) is 6. The molecule has 13 heavy (non-hydrogen) atoms. The van der Waals surface area contributed by atoms with E-state index in [2.05, 4.69) is 4.28 Å². The number of imide groups is 1. The second-order valence-corrected chi connectivity index (χ2v) is 3.59. The Bertz CT molecular complexity index is 350. The SMILES string of the molecule is O=C1C=CC(=O)N1OS(=O)(=O)CO. The van der Waals surface area contributed by atoms with Gasteiger partial charge in [0.1, 0.15) is 0 Å². The van der Waals surface area contributed by atoms with Crippen LogP contribution < -0.4 is 0 Å². The van der Waals surface area contributed by atoms with E-state index in [4.69, 9.17) is 5.11 Å². The highest BCUT2D eigenvalue weighted by Gasteiger charge is 2.29. The van der Waals surface area contributed by atoms with Crippen LogP contribution in [0.5, 0.6) is 0 Å². The Labute approximate surface area is 73.3 Å². The highest BCUT2D eigenvalue weighted by atomic mass is 32.2. The normalized spacial score (nSPS) is 17.2. The minimum Gasteiger partial charge on any atom is -0.378 e. The van der Waals surface area contributed by atoms with E-state index in [1.54, 1.807) is 0 Å². The summed E-state index contributed by atoms with van der Waals surface area (Å²) in [6.07, 6.45) is 1.71. The van der Waals surface area contributed by atoms with Crippen LogP contribution in [0.15, 0.2) is 12.2 Å². The maximum absolute atomic E-state index is 10.7. The Kier molecular flexibility index (Phi) is 2.45. The maximum atomic E-state index is 10.7. The predicted octanol–water partition coefficient (Wildman–Crippen LogP) is -1.88. The Morgan fingerprint density at radius 2 is 1.77 bits per heavy atom. The van der Waals surface area contributed by atoms with E-state index in [0.717, 1.165) is 12.2 Å². The molecular weight excluding hydrogens is 202 g/mol. The number of hydroxylamine groups is 2. The zero-order valence-corrected chi connectivity index (χ0v) is 7.02. The van der Waals surface area contributed by atoms with Gasteiger partial charge in [0.2, 0.25) is 0 Å². The highest BCUT2D eigenvalue weighted by Crippen LogP contribution is 2.07. The number of aliphatic hydroxyl groups excluding tert-OH is 1. The number of hydrogen-bond donors (Lipinski definition) is 1. The van der Waals surface area contributed by atoms with Crippen molar-refractivity contribution < 1.29 is 27.4 Å². The lowest BCUT2D eigenvalue weighted by molar-refractivity contribution is -0.162. The van der Waals surface area contributed by atoms with Crippen LogP contribution in [0, 0.1) is 0 Å². The van der Waals surface area contributed by atoms with Gasteiger partial charge in [0, 0.05) is 12.2 Å². The predicted molar refractivity (Wildman–Crippen MR) is 38.1 cm³/mol. The monoisotopic (exact) mass is 207 g/mol. The number of carbonyl (C=O) groups is 2. The van der Waals surface area contributed by atoms with Crippen molar-refractivity contribution in [2.24, 2.45) is 0 Å². The molecule has 72 valence electrons. The molecule has 0 fully saturated rings. The summed E-state index contributed by atoms with van der Waals surface area (Å²) in [5, 5.41) is 8.29. The fraction of sp³-hybridized carbons (Fsp3) is 0.200. The number of nitrogens with zero attached hydrogens (tertiary/aromatic N) is 1. The first-order valence-electron chi connectivity index (χ1n) is 3.05. The zero-order chi connectivity index (χ0) is 10.1. The second-order valence-electron chi connectivity index (χ2n) is 2.07. The molecule has 0 aromatic heterocycles. The van der Waals surface area contributed by atoms with Crippen molar-refractivity contribution in [2.75, 3.05) is 5.94 Å². The first kappa shape index (κ1) is 9.84. The van der Waals surface area contributed by atoms with Crippen LogP contribution in [-0.2, 0) is 24.0 Å². The minimum atomic E-state index is -4.27. The molecule has 1 rings (SSSR count). The summed E-state index contributed by atoms with van der Waals surface area (Å²) < 4.78 is 25.2. The molecule has 0 atom stereocenters. The summed E-state index contributed by atoms with van der Waals surface area (Å²) >= 11 is 0. The number of amides is 2. The lowest BCUT2D eigenvalue weighted by Gasteiger charge is -2.10. The average Bonchev–Trinajstić information content (AvgIpc) is 2.36. The Balaban J connectivity index is 2.77. The zero-order valence-electron chi connectivity index (χ0n) is 6.21. The van der Waals surface area contributed by atoms with E-state index in [9.17, 15) is 18.0 Å². The van der Waals surface area contributed by atoms with Gasteiger partial charge >= 0.3 is 10.1 Å². The molecule has 0 spiro atoms. The maximum Gasteiger partial charge on any atom is 0.312 e. The molecule has 1 heterocycles. The summed E-state index contributed by atoms with van der Waals surface area (Å²) in [7, 11) is -4.27. The molecule has 0 unspecified atom stereocenters. The molecule has 1 N–H and O–H groups in total. The lowest BCUT2D eigenvalue weighted by atomic mass is 10.6. The molecule has 0 radical (unpaired) electrons. The molecule has 8 heteroatoms. The fourth-order valence-electron chi connectivity index (χ4n) is 0.597. The highest BCUT2D eigenvalue weighted by molar-refractivity contribution is 7.86. The van der Waals surface area contributed by atoms with Gasteiger partial charge in [-0.2, -0.15) is 8.42 Å². The molecule has 0 aromatic carbocycles. The largest absolute Gasteiger partial charge is 0.378 e. The van der Waals surface area contributed by atoms with Crippen LogP contribution in [0.2, 0.25) is 0 Å². The Morgan fingerprint density at radius 3 is 2.15 bits per heavy atom.